The molecule has 2 saturated heterocycles. The van der Waals surface area contributed by atoms with Crippen LogP contribution in [0, 0.1) is 11.8 Å². The Labute approximate surface area is 211 Å². The van der Waals surface area contributed by atoms with Gasteiger partial charge in [-0.3, -0.25) is 9.69 Å². The quantitative estimate of drug-likeness (QED) is 0.472. The second-order valence-corrected chi connectivity index (χ2v) is 9.92. The summed E-state index contributed by atoms with van der Waals surface area (Å²) in [6.45, 7) is 10.1. The van der Waals surface area contributed by atoms with Crippen LogP contribution in [0.3, 0.4) is 0 Å². The summed E-state index contributed by atoms with van der Waals surface area (Å²) in [5, 5.41) is 0. The summed E-state index contributed by atoms with van der Waals surface area (Å²) in [4.78, 5) is 18.4. The highest BCUT2D eigenvalue weighted by Crippen LogP contribution is 2.31. The van der Waals surface area contributed by atoms with Crippen LogP contribution < -0.4 is 4.74 Å². The van der Waals surface area contributed by atoms with Gasteiger partial charge < -0.3 is 14.4 Å². The normalized spacial score (nSPS) is 18.8. The van der Waals surface area contributed by atoms with Crippen molar-refractivity contribution in [1.29, 1.82) is 0 Å². The molecule has 1 atom stereocenters. The van der Waals surface area contributed by atoms with E-state index < -0.39 is 0 Å². The summed E-state index contributed by atoms with van der Waals surface area (Å²) in [6.07, 6.45) is 4.87. The van der Waals surface area contributed by atoms with E-state index in [9.17, 15) is 4.79 Å². The molecule has 2 fully saturated rings. The number of carbonyl (C=O) groups is 1. The molecule has 190 valence electrons. The Morgan fingerprint density at radius 1 is 1.00 bits per heavy atom. The number of likely N-dealkylation sites (tertiary alicyclic amines) is 1. The molecule has 0 N–H and O–H groups in total. The number of nitrogens with zero attached hydrogens (tertiary/aromatic N) is 2. The number of amides is 1. The Morgan fingerprint density at radius 2 is 1.69 bits per heavy atom. The SMILES string of the molecule is CCOc1ccccc1CN1CCC([C@@H](Cc2ccccc2)N(CC)C(=O)C2CCOCC2)CC1. The molecule has 2 heterocycles. The van der Waals surface area contributed by atoms with Gasteiger partial charge in [-0.2, -0.15) is 0 Å². The van der Waals surface area contributed by atoms with Gasteiger partial charge in [-0.15, -0.1) is 0 Å². The monoisotopic (exact) mass is 478 g/mol. The minimum Gasteiger partial charge on any atom is -0.494 e. The topological polar surface area (TPSA) is 42.0 Å². The zero-order valence-corrected chi connectivity index (χ0v) is 21.5. The molecule has 0 unspecified atom stereocenters. The molecule has 2 aliphatic rings. The van der Waals surface area contributed by atoms with E-state index in [1.807, 2.05) is 13.0 Å². The second-order valence-electron chi connectivity index (χ2n) is 9.92. The summed E-state index contributed by atoms with van der Waals surface area (Å²) >= 11 is 0. The second kappa shape index (κ2) is 13.1. The van der Waals surface area contributed by atoms with Crippen molar-refractivity contribution in [3.8, 4) is 5.75 Å². The third-order valence-electron chi connectivity index (χ3n) is 7.73. The standard InChI is InChI=1S/C30H42N2O3/c1-3-32(30(33)26-16-20-34-21-17-26)28(22-24-10-6-5-7-11-24)25-14-18-31(19-15-25)23-27-12-8-9-13-29(27)35-4-2/h5-13,25-26,28H,3-4,14-23H2,1-2H3/t28-/m1/s1. The lowest BCUT2D eigenvalue weighted by atomic mass is 9.83. The third-order valence-corrected chi connectivity index (χ3v) is 7.73. The maximum Gasteiger partial charge on any atom is 0.226 e. The van der Waals surface area contributed by atoms with Crippen LogP contribution in [0.4, 0.5) is 0 Å². The average molecular weight is 479 g/mol. The molecule has 5 heteroatoms. The fourth-order valence-electron chi connectivity index (χ4n) is 5.79. The number of ether oxygens (including phenoxy) is 2. The van der Waals surface area contributed by atoms with Gasteiger partial charge in [-0.05, 0) is 76.6 Å². The Bertz CT molecular complexity index is 905. The first-order chi connectivity index (χ1) is 17.2. The maximum absolute atomic E-state index is 13.7. The molecule has 2 aliphatic heterocycles. The van der Waals surface area contributed by atoms with E-state index >= 15 is 0 Å². The molecular formula is C30H42N2O3. The van der Waals surface area contributed by atoms with Gasteiger partial charge in [-0.1, -0.05) is 48.5 Å². The van der Waals surface area contributed by atoms with Gasteiger partial charge in [0.25, 0.3) is 0 Å². The van der Waals surface area contributed by atoms with Gasteiger partial charge in [-0.25, -0.2) is 0 Å². The number of carbonyl (C=O) groups excluding carboxylic acids is 1. The third kappa shape index (κ3) is 6.86. The van der Waals surface area contributed by atoms with Crippen LogP contribution >= 0.6 is 0 Å². The van der Waals surface area contributed by atoms with Crippen LogP contribution in [-0.4, -0.2) is 61.2 Å². The van der Waals surface area contributed by atoms with E-state index in [0.29, 0.717) is 31.6 Å². The first kappa shape index (κ1) is 25.7. The van der Waals surface area contributed by atoms with Crippen molar-refractivity contribution < 1.29 is 14.3 Å². The van der Waals surface area contributed by atoms with Gasteiger partial charge >= 0.3 is 0 Å². The molecule has 0 radical (unpaired) electrons. The highest BCUT2D eigenvalue weighted by Gasteiger charge is 2.35. The van der Waals surface area contributed by atoms with Gasteiger partial charge in [0, 0.05) is 43.8 Å². The van der Waals surface area contributed by atoms with E-state index in [1.165, 1.54) is 11.1 Å². The molecule has 0 aromatic heterocycles. The number of benzene rings is 2. The predicted octanol–water partition coefficient (Wildman–Crippen LogP) is 5.18. The van der Waals surface area contributed by atoms with Crippen LogP contribution in [0.25, 0.3) is 0 Å². The lowest BCUT2D eigenvalue weighted by Crippen LogP contribution is -2.51. The first-order valence-electron chi connectivity index (χ1n) is 13.5. The zero-order valence-electron chi connectivity index (χ0n) is 21.5. The number of rotatable bonds is 10. The van der Waals surface area contributed by atoms with Crippen molar-refractivity contribution in [3.05, 3.63) is 65.7 Å². The molecule has 2 aromatic rings. The van der Waals surface area contributed by atoms with Gasteiger partial charge in [0.2, 0.25) is 5.91 Å². The van der Waals surface area contributed by atoms with Gasteiger partial charge in [0.05, 0.1) is 6.61 Å². The molecule has 0 bridgehead atoms. The number of para-hydroxylation sites is 1. The summed E-state index contributed by atoms with van der Waals surface area (Å²) in [6, 6.07) is 19.4. The Morgan fingerprint density at radius 3 is 2.37 bits per heavy atom. The Balaban J connectivity index is 1.45. The molecule has 35 heavy (non-hydrogen) atoms. The van der Waals surface area contributed by atoms with Crippen LogP contribution in [0.2, 0.25) is 0 Å². The highest BCUT2D eigenvalue weighted by atomic mass is 16.5. The molecule has 1 amide bonds. The van der Waals surface area contributed by atoms with Crippen molar-refractivity contribution in [2.45, 2.75) is 58.5 Å². The van der Waals surface area contributed by atoms with Crippen LogP contribution in [0.15, 0.2) is 54.6 Å². The summed E-state index contributed by atoms with van der Waals surface area (Å²) in [5.41, 5.74) is 2.59. The van der Waals surface area contributed by atoms with E-state index in [-0.39, 0.29) is 12.0 Å². The maximum atomic E-state index is 13.7. The fraction of sp³-hybridized carbons (Fsp3) is 0.567. The average Bonchev–Trinajstić information content (AvgIpc) is 2.91. The van der Waals surface area contributed by atoms with Crippen molar-refractivity contribution >= 4 is 5.91 Å². The smallest absolute Gasteiger partial charge is 0.226 e. The minimum atomic E-state index is 0.108. The van der Waals surface area contributed by atoms with Gasteiger partial charge in [0.1, 0.15) is 5.75 Å². The molecule has 5 nitrogen and oxygen atoms in total. The largest absolute Gasteiger partial charge is 0.494 e. The fourth-order valence-corrected chi connectivity index (χ4v) is 5.79. The van der Waals surface area contributed by atoms with E-state index in [0.717, 1.165) is 64.0 Å². The summed E-state index contributed by atoms with van der Waals surface area (Å²) < 4.78 is 11.4. The predicted molar refractivity (Wildman–Crippen MR) is 140 cm³/mol. The van der Waals surface area contributed by atoms with E-state index in [4.69, 9.17) is 9.47 Å². The summed E-state index contributed by atoms with van der Waals surface area (Å²) in [5.74, 6) is 1.96. The van der Waals surface area contributed by atoms with Gasteiger partial charge in [0.15, 0.2) is 0 Å². The highest BCUT2D eigenvalue weighted by molar-refractivity contribution is 5.79. The molecule has 0 aliphatic carbocycles. The number of piperidine rings is 1. The number of hydrogen-bond acceptors (Lipinski definition) is 4. The van der Waals surface area contributed by atoms with Crippen molar-refractivity contribution in [2.75, 3.05) is 39.5 Å². The zero-order chi connectivity index (χ0) is 24.5. The van der Waals surface area contributed by atoms with E-state index in [1.54, 1.807) is 0 Å². The van der Waals surface area contributed by atoms with Crippen LogP contribution in [-0.2, 0) is 22.5 Å². The molecule has 0 saturated carbocycles. The van der Waals surface area contributed by atoms with Crippen LogP contribution in [0.5, 0.6) is 5.75 Å². The molecule has 4 rings (SSSR count). The minimum absolute atomic E-state index is 0.108. The lowest BCUT2D eigenvalue weighted by molar-refractivity contribution is -0.142. The first-order valence-corrected chi connectivity index (χ1v) is 13.5. The van der Waals surface area contributed by atoms with E-state index in [2.05, 4.69) is 65.3 Å². The van der Waals surface area contributed by atoms with Crippen molar-refractivity contribution in [2.24, 2.45) is 11.8 Å². The van der Waals surface area contributed by atoms with Crippen molar-refractivity contribution in [1.82, 2.24) is 9.80 Å². The lowest BCUT2D eigenvalue weighted by Gasteiger charge is -2.42. The number of likely N-dealkylation sites (N-methyl/N-ethyl adjacent to an activating group) is 1. The molecule has 0 spiro atoms. The van der Waals surface area contributed by atoms with Crippen molar-refractivity contribution in [3.63, 3.8) is 0 Å². The Kier molecular flexibility index (Phi) is 9.61. The Hall–Kier alpha value is -2.37. The molecular weight excluding hydrogens is 436 g/mol. The molecule has 2 aromatic carbocycles. The summed E-state index contributed by atoms with van der Waals surface area (Å²) in [7, 11) is 0. The van der Waals surface area contributed by atoms with Crippen LogP contribution in [0.1, 0.15) is 50.7 Å². The number of hydrogen-bond donors (Lipinski definition) is 0.